The van der Waals surface area contributed by atoms with Crippen LogP contribution in [0.25, 0.3) is 10.9 Å². The van der Waals surface area contributed by atoms with Crippen molar-refractivity contribution in [3.63, 3.8) is 0 Å². The fraction of sp³-hybridized carbons (Fsp3) is 0.0667. The molecule has 7 heteroatoms. The first-order valence-electron chi connectivity index (χ1n) is 6.34. The minimum atomic E-state index is -0.570. The number of anilines is 3. The van der Waals surface area contributed by atoms with E-state index in [0.29, 0.717) is 11.3 Å². The second kappa shape index (κ2) is 6.53. The number of fused-ring (bicyclic) bond motifs is 1. The van der Waals surface area contributed by atoms with Crippen molar-refractivity contribution in [2.75, 3.05) is 17.7 Å². The summed E-state index contributed by atoms with van der Waals surface area (Å²) in [5, 5.41) is 6.52. The van der Waals surface area contributed by atoms with Gasteiger partial charge < -0.3 is 10.6 Å². The van der Waals surface area contributed by atoms with Gasteiger partial charge in [0.05, 0.1) is 11.2 Å². The Bertz CT molecular complexity index is 811. The van der Waals surface area contributed by atoms with Crippen LogP contribution in [0.1, 0.15) is 0 Å². The lowest BCUT2D eigenvalue weighted by molar-refractivity contribution is 0.603. The quantitative estimate of drug-likeness (QED) is 0.761. The molecule has 0 atom stereocenters. The molecule has 0 aliphatic heterocycles. The molecule has 4 nitrogen and oxygen atoms in total. The highest BCUT2D eigenvalue weighted by Crippen LogP contribution is 2.24. The maximum Gasteiger partial charge on any atom is 0.229 e. The van der Waals surface area contributed by atoms with Crippen molar-refractivity contribution in [1.29, 1.82) is 0 Å². The van der Waals surface area contributed by atoms with Crippen LogP contribution < -0.4 is 10.6 Å². The molecule has 114 valence electrons. The third-order valence-corrected chi connectivity index (χ3v) is 3.01. The van der Waals surface area contributed by atoms with Crippen LogP contribution in [-0.4, -0.2) is 17.0 Å². The average molecular weight is 323 g/mol. The van der Waals surface area contributed by atoms with Crippen LogP contribution in [0.2, 0.25) is 0 Å². The Morgan fingerprint density at radius 1 is 1.00 bits per heavy atom. The topological polar surface area (TPSA) is 49.8 Å². The van der Waals surface area contributed by atoms with Crippen LogP contribution >= 0.6 is 12.4 Å². The SMILES string of the molecule is CNc1nc(Nc2cc(F)ccc2F)nc2ccccc12.Cl. The van der Waals surface area contributed by atoms with E-state index in [0.717, 1.165) is 23.6 Å². The van der Waals surface area contributed by atoms with Crippen molar-refractivity contribution < 1.29 is 8.78 Å². The van der Waals surface area contributed by atoms with Gasteiger partial charge in [0, 0.05) is 18.5 Å². The van der Waals surface area contributed by atoms with Crippen LogP contribution in [0.15, 0.2) is 42.5 Å². The van der Waals surface area contributed by atoms with Crippen molar-refractivity contribution in [2.45, 2.75) is 0 Å². The van der Waals surface area contributed by atoms with Gasteiger partial charge in [-0.1, -0.05) is 12.1 Å². The van der Waals surface area contributed by atoms with E-state index in [-0.39, 0.29) is 24.0 Å². The third kappa shape index (κ3) is 3.07. The van der Waals surface area contributed by atoms with E-state index in [1.807, 2.05) is 24.3 Å². The van der Waals surface area contributed by atoms with Gasteiger partial charge in [-0.05, 0) is 24.3 Å². The van der Waals surface area contributed by atoms with E-state index in [9.17, 15) is 8.78 Å². The summed E-state index contributed by atoms with van der Waals surface area (Å²) in [6.45, 7) is 0. The van der Waals surface area contributed by atoms with Gasteiger partial charge in [-0.3, -0.25) is 0 Å². The van der Waals surface area contributed by atoms with Crippen molar-refractivity contribution in [3.05, 3.63) is 54.1 Å². The fourth-order valence-electron chi connectivity index (χ4n) is 2.04. The molecule has 0 fully saturated rings. The molecule has 0 spiro atoms. The summed E-state index contributed by atoms with van der Waals surface area (Å²) in [6, 6.07) is 10.6. The zero-order valence-corrected chi connectivity index (χ0v) is 12.4. The molecule has 22 heavy (non-hydrogen) atoms. The number of nitrogens with zero attached hydrogens (tertiary/aromatic N) is 2. The number of aromatic nitrogens is 2. The lowest BCUT2D eigenvalue weighted by atomic mass is 10.2. The van der Waals surface area contributed by atoms with Crippen LogP contribution in [0.4, 0.5) is 26.2 Å². The number of halogens is 3. The lowest BCUT2D eigenvalue weighted by Gasteiger charge is -2.10. The van der Waals surface area contributed by atoms with E-state index in [1.165, 1.54) is 0 Å². The third-order valence-electron chi connectivity index (χ3n) is 3.01. The maximum atomic E-state index is 13.7. The van der Waals surface area contributed by atoms with Gasteiger partial charge in [-0.2, -0.15) is 4.98 Å². The largest absolute Gasteiger partial charge is 0.372 e. The first-order valence-corrected chi connectivity index (χ1v) is 6.34. The number of hydrogen-bond donors (Lipinski definition) is 2. The zero-order valence-electron chi connectivity index (χ0n) is 11.6. The van der Waals surface area contributed by atoms with Gasteiger partial charge in [0.2, 0.25) is 5.95 Å². The van der Waals surface area contributed by atoms with E-state index in [4.69, 9.17) is 0 Å². The minimum Gasteiger partial charge on any atom is -0.372 e. The van der Waals surface area contributed by atoms with E-state index in [2.05, 4.69) is 20.6 Å². The van der Waals surface area contributed by atoms with Crippen LogP contribution in [0.3, 0.4) is 0 Å². The second-order valence-corrected chi connectivity index (χ2v) is 4.41. The Hall–Kier alpha value is -2.47. The zero-order chi connectivity index (χ0) is 14.8. The molecule has 0 radical (unpaired) electrons. The van der Waals surface area contributed by atoms with Crippen LogP contribution in [0, 0.1) is 11.6 Å². The Balaban J connectivity index is 0.00000176. The summed E-state index contributed by atoms with van der Waals surface area (Å²) < 4.78 is 26.8. The maximum absolute atomic E-state index is 13.7. The number of hydrogen-bond acceptors (Lipinski definition) is 4. The van der Waals surface area contributed by atoms with Gasteiger partial charge in [0.1, 0.15) is 17.5 Å². The smallest absolute Gasteiger partial charge is 0.229 e. The molecule has 2 N–H and O–H groups in total. The van der Waals surface area contributed by atoms with Crippen LogP contribution in [-0.2, 0) is 0 Å². The summed E-state index contributed by atoms with van der Waals surface area (Å²) in [6.07, 6.45) is 0. The first-order chi connectivity index (χ1) is 10.2. The van der Waals surface area contributed by atoms with Gasteiger partial charge >= 0.3 is 0 Å². The highest BCUT2D eigenvalue weighted by atomic mass is 35.5. The summed E-state index contributed by atoms with van der Waals surface area (Å²) in [4.78, 5) is 8.56. The van der Waals surface area contributed by atoms with Gasteiger partial charge in [0.15, 0.2) is 0 Å². The van der Waals surface area contributed by atoms with Gasteiger partial charge in [-0.15, -0.1) is 12.4 Å². The molecule has 0 unspecified atom stereocenters. The predicted octanol–water partition coefficient (Wildman–Crippen LogP) is 4.12. The molecule has 0 saturated carbocycles. The number of benzene rings is 2. The average Bonchev–Trinajstić information content (AvgIpc) is 2.50. The monoisotopic (exact) mass is 322 g/mol. The van der Waals surface area contributed by atoms with E-state index in [1.54, 1.807) is 7.05 Å². The Labute approximate surface area is 132 Å². The highest BCUT2D eigenvalue weighted by Gasteiger charge is 2.09. The van der Waals surface area contributed by atoms with Crippen molar-refractivity contribution >= 4 is 40.8 Å². The second-order valence-electron chi connectivity index (χ2n) is 4.41. The highest BCUT2D eigenvalue weighted by molar-refractivity contribution is 5.90. The van der Waals surface area contributed by atoms with Crippen molar-refractivity contribution in [3.8, 4) is 0 Å². The Morgan fingerprint density at radius 3 is 2.55 bits per heavy atom. The Morgan fingerprint density at radius 2 is 1.77 bits per heavy atom. The number of nitrogens with one attached hydrogen (secondary N) is 2. The van der Waals surface area contributed by atoms with Crippen molar-refractivity contribution in [2.24, 2.45) is 0 Å². The number of para-hydroxylation sites is 1. The molecule has 1 aromatic heterocycles. The molecule has 0 aliphatic carbocycles. The molecule has 2 aromatic carbocycles. The molecule has 0 saturated heterocycles. The lowest BCUT2D eigenvalue weighted by Crippen LogP contribution is -2.03. The number of rotatable bonds is 3. The molecular formula is C15H13ClF2N4. The molecule has 0 amide bonds. The summed E-state index contributed by atoms with van der Waals surface area (Å²) in [7, 11) is 1.74. The van der Waals surface area contributed by atoms with Crippen LogP contribution in [0.5, 0.6) is 0 Å². The molecular weight excluding hydrogens is 310 g/mol. The predicted molar refractivity (Wildman–Crippen MR) is 86.0 cm³/mol. The minimum absolute atomic E-state index is 0. The molecule has 1 heterocycles. The first kappa shape index (κ1) is 15.9. The van der Waals surface area contributed by atoms with Gasteiger partial charge in [-0.25, -0.2) is 13.8 Å². The summed E-state index contributed by atoms with van der Waals surface area (Å²) in [5.74, 6) is -0.296. The fourth-order valence-corrected chi connectivity index (χ4v) is 2.04. The normalized spacial score (nSPS) is 10.1. The van der Waals surface area contributed by atoms with Gasteiger partial charge in [0.25, 0.3) is 0 Å². The van der Waals surface area contributed by atoms with Crippen molar-refractivity contribution in [1.82, 2.24) is 9.97 Å². The van der Waals surface area contributed by atoms with E-state index < -0.39 is 11.6 Å². The Kier molecular flexibility index (Phi) is 4.72. The standard InChI is InChI=1S/C15H12F2N4.ClH/c1-18-14-10-4-2-3-5-12(10)19-15(21-14)20-13-8-9(16)6-7-11(13)17;/h2-8H,1H3,(H2,18,19,20,21);1H. The molecule has 0 aliphatic rings. The van der Waals surface area contributed by atoms with E-state index >= 15 is 0 Å². The molecule has 0 bridgehead atoms. The summed E-state index contributed by atoms with van der Waals surface area (Å²) in [5.41, 5.74) is 0.698. The molecule has 3 aromatic rings. The molecule has 3 rings (SSSR count). The summed E-state index contributed by atoms with van der Waals surface area (Å²) >= 11 is 0.